The number of carbonyl (C=O) groups is 2. The van der Waals surface area contributed by atoms with E-state index < -0.39 is 0 Å². The molecule has 1 rings (SSSR count). The fraction of sp³-hybridized carbons (Fsp3) is 0.579. The molecule has 0 saturated carbocycles. The number of rotatable bonds is 7. The molecular weight excluding hydrogens is 288 g/mol. The highest BCUT2D eigenvalue weighted by molar-refractivity contribution is 5.85. The van der Waals surface area contributed by atoms with Gasteiger partial charge in [0.25, 0.3) is 0 Å². The molecular formula is C19H30N2O2. The Labute approximate surface area is 140 Å². The van der Waals surface area contributed by atoms with Crippen LogP contribution in [-0.2, 0) is 22.4 Å². The Morgan fingerprint density at radius 2 is 1.61 bits per heavy atom. The van der Waals surface area contributed by atoms with Crippen molar-refractivity contribution in [3.8, 4) is 0 Å². The van der Waals surface area contributed by atoms with E-state index in [0.29, 0.717) is 19.4 Å². The standard InChI is InChI=1S/C19H30N2O2/c1-6-15-8-10-16(11-9-15)12-13-18(23)21(7-2)14-17(22)20-19(3,4)5/h8-11H,6-7,12-14H2,1-5H3,(H,20,22). The summed E-state index contributed by atoms with van der Waals surface area (Å²) in [5.74, 6) is -0.0869. The Bertz CT molecular complexity index is 515. The molecule has 0 atom stereocenters. The summed E-state index contributed by atoms with van der Waals surface area (Å²) in [5.41, 5.74) is 2.18. The van der Waals surface area contributed by atoms with Gasteiger partial charge in [-0.25, -0.2) is 0 Å². The molecule has 23 heavy (non-hydrogen) atoms. The molecule has 128 valence electrons. The number of amides is 2. The predicted molar refractivity (Wildman–Crippen MR) is 94.3 cm³/mol. The molecule has 0 saturated heterocycles. The number of hydrogen-bond donors (Lipinski definition) is 1. The van der Waals surface area contributed by atoms with E-state index in [1.807, 2.05) is 27.7 Å². The lowest BCUT2D eigenvalue weighted by Crippen LogP contribution is -2.47. The molecule has 2 amide bonds. The summed E-state index contributed by atoms with van der Waals surface area (Å²) < 4.78 is 0. The smallest absolute Gasteiger partial charge is 0.240 e. The molecule has 1 aromatic rings. The van der Waals surface area contributed by atoms with Gasteiger partial charge in [0.05, 0.1) is 6.54 Å². The van der Waals surface area contributed by atoms with Crippen molar-refractivity contribution in [3.05, 3.63) is 35.4 Å². The highest BCUT2D eigenvalue weighted by Gasteiger charge is 2.19. The van der Waals surface area contributed by atoms with Crippen LogP contribution in [0.15, 0.2) is 24.3 Å². The van der Waals surface area contributed by atoms with Gasteiger partial charge in [-0.15, -0.1) is 0 Å². The van der Waals surface area contributed by atoms with Crippen LogP contribution in [0.25, 0.3) is 0 Å². The SMILES string of the molecule is CCc1ccc(CCC(=O)N(CC)CC(=O)NC(C)(C)C)cc1. The van der Waals surface area contributed by atoms with Crippen LogP contribution >= 0.6 is 0 Å². The number of carbonyl (C=O) groups excluding carboxylic acids is 2. The lowest BCUT2D eigenvalue weighted by Gasteiger charge is -2.25. The van der Waals surface area contributed by atoms with Gasteiger partial charge in [0, 0.05) is 18.5 Å². The molecule has 0 spiro atoms. The maximum atomic E-state index is 12.3. The molecule has 0 unspecified atom stereocenters. The first-order valence-electron chi connectivity index (χ1n) is 8.41. The van der Waals surface area contributed by atoms with E-state index in [2.05, 4.69) is 36.5 Å². The number of likely N-dealkylation sites (N-methyl/N-ethyl adjacent to an activating group) is 1. The quantitative estimate of drug-likeness (QED) is 0.840. The van der Waals surface area contributed by atoms with Crippen molar-refractivity contribution in [2.75, 3.05) is 13.1 Å². The largest absolute Gasteiger partial charge is 0.350 e. The topological polar surface area (TPSA) is 49.4 Å². The number of aryl methyl sites for hydroxylation is 2. The molecule has 4 nitrogen and oxygen atoms in total. The summed E-state index contributed by atoms with van der Waals surface area (Å²) in [6, 6.07) is 8.37. The van der Waals surface area contributed by atoms with E-state index in [1.54, 1.807) is 4.90 Å². The van der Waals surface area contributed by atoms with Crippen LogP contribution in [0.4, 0.5) is 0 Å². The van der Waals surface area contributed by atoms with Crippen LogP contribution in [0.1, 0.15) is 52.2 Å². The Balaban J connectivity index is 2.51. The molecule has 0 bridgehead atoms. The third-order valence-electron chi connectivity index (χ3n) is 3.64. The third-order valence-corrected chi connectivity index (χ3v) is 3.64. The van der Waals surface area contributed by atoms with E-state index in [4.69, 9.17) is 0 Å². The van der Waals surface area contributed by atoms with Crippen LogP contribution < -0.4 is 5.32 Å². The summed E-state index contributed by atoms with van der Waals surface area (Å²) in [4.78, 5) is 25.9. The molecule has 0 aliphatic carbocycles. The lowest BCUT2D eigenvalue weighted by molar-refractivity contribution is -0.136. The summed E-state index contributed by atoms with van der Waals surface area (Å²) in [6.45, 7) is 10.5. The van der Waals surface area contributed by atoms with Crippen LogP contribution in [0.5, 0.6) is 0 Å². The molecule has 1 aromatic carbocycles. The van der Waals surface area contributed by atoms with Gasteiger partial charge < -0.3 is 10.2 Å². The van der Waals surface area contributed by atoms with Crippen molar-refractivity contribution in [3.63, 3.8) is 0 Å². The zero-order chi connectivity index (χ0) is 17.5. The molecule has 0 heterocycles. The first-order chi connectivity index (χ1) is 10.7. The highest BCUT2D eigenvalue weighted by Crippen LogP contribution is 2.09. The molecule has 0 aliphatic rings. The van der Waals surface area contributed by atoms with E-state index in [-0.39, 0.29) is 23.9 Å². The van der Waals surface area contributed by atoms with Gasteiger partial charge in [0.1, 0.15) is 0 Å². The van der Waals surface area contributed by atoms with Gasteiger partial charge in [-0.1, -0.05) is 31.2 Å². The minimum Gasteiger partial charge on any atom is -0.350 e. The second kappa shape index (κ2) is 8.70. The average molecular weight is 318 g/mol. The Kier molecular flexibility index (Phi) is 7.27. The predicted octanol–water partition coefficient (Wildman–Crippen LogP) is 2.94. The fourth-order valence-electron chi connectivity index (χ4n) is 2.36. The fourth-order valence-corrected chi connectivity index (χ4v) is 2.36. The van der Waals surface area contributed by atoms with Gasteiger partial charge in [-0.3, -0.25) is 9.59 Å². The summed E-state index contributed by atoms with van der Waals surface area (Å²) in [6.07, 6.45) is 2.16. The lowest BCUT2D eigenvalue weighted by atomic mass is 10.1. The van der Waals surface area contributed by atoms with Crippen LogP contribution in [0.2, 0.25) is 0 Å². The molecule has 0 aromatic heterocycles. The average Bonchev–Trinajstić information content (AvgIpc) is 2.49. The molecule has 0 aliphatic heterocycles. The minimum atomic E-state index is -0.277. The Hall–Kier alpha value is -1.84. The van der Waals surface area contributed by atoms with Gasteiger partial charge in [-0.05, 0) is 51.7 Å². The molecule has 0 fully saturated rings. The van der Waals surface area contributed by atoms with Gasteiger partial charge in [-0.2, -0.15) is 0 Å². The van der Waals surface area contributed by atoms with Crippen LogP contribution in [-0.4, -0.2) is 35.3 Å². The van der Waals surface area contributed by atoms with E-state index >= 15 is 0 Å². The minimum absolute atomic E-state index is 0.0242. The van der Waals surface area contributed by atoms with Crippen molar-refractivity contribution in [1.82, 2.24) is 10.2 Å². The van der Waals surface area contributed by atoms with Crippen molar-refractivity contribution >= 4 is 11.8 Å². The van der Waals surface area contributed by atoms with Crippen molar-refractivity contribution in [2.45, 2.75) is 59.4 Å². The zero-order valence-corrected chi connectivity index (χ0v) is 15.1. The summed E-state index contributed by atoms with van der Waals surface area (Å²) in [7, 11) is 0. The zero-order valence-electron chi connectivity index (χ0n) is 15.1. The van der Waals surface area contributed by atoms with Crippen molar-refractivity contribution < 1.29 is 9.59 Å². The van der Waals surface area contributed by atoms with E-state index in [1.165, 1.54) is 5.56 Å². The normalized spacial score (nSPS) is 11.2. The molecule has 0 radical (unpaired) electrons. The monoisotopic (exact) mass is 318 g/mol. The summed E-state index contributed by atoms with van der Waals surface area (Å²) in [5, 5.41) is 2.89. The number of nitrogens with zero attached hydrogens (tertiary/aromatic N) is 1. The number of nitrogens with one attached hydrogen (secondary N) is 1. The van der Waals surface area contributed by atoms with E-state index in [9.17, 15) is 9.59 Å². The van der Waals surface area contributed by atoms with Gasteiger partial charge in [0.2, 0.25) is 11.8 Å². The van der Waals surface area contributed by atoms with Crippen molar-refractivity contribution in [2.24, 2.45) is 0 Å². The van der Waals surface area contributed by atoms with Crippen LogP contribution in [0, 0.1) is 0 Å². The van der Waals surface area contributed by atoms with Crippen LogP contribution in [0.3, 0.4) is 0 Å². The third kappa shape index (κ3) is 7.31. The number of hydrogen-bond acceptors (Lipinski definition) is 2. The van der Waals surface area contributed by atoms with E-state index in [0.717, 1.165) is 12.0 Å². The van der Waals surface area contributed by atoms with Crippen molar-refractivity contribution in [1.29, 1.82) is 0 Å². The highest BCUT2D eigenvalue weighted by atomic mass is 16.2. The summed E-state index contributed by atoms with van der Waals surface area (Å²) >= 11 is 0. The maximum absolute atomic E-state index is 12.3. The second-order valence-corrected chi connectivity index (χ2v) is 6.88. The Morgan fingerprint density at radius 3 is 2.09 bits per heavy atom. The Morgan fingerprint density at radius 1 is 1.04 bits per heavy atom. The number of benzene rings is 1. The molecule has 1 N–H and O–H groups in total. The van der Waals surface area contributed by atoms with Gasteiger partial charge >= 0.3 is 0 Å². The first-order valence-corrected chi connectivity index (χ1v) is 8.41. The second-order valence-electron chi connectivity index (χ2n) is 6.88. The first kappa shape index (κ1) is 19.2. The molecule has 4 heteroatoms. The maximum Gasteiger partial charge on any atom is 0.240 e. The van der Waals surface area contributed by atoms with Gasteiger partial charge in [0.15, 0.2) is 0 Å².